The van der Waals surface area contributed by atoms with Crippen LogP contribution in [0, 0.1) is 40.2 Å². The molecule has 4 heterocycles. The molecule has 6 aliphatic rings. The minimum atomic E-state index is -1.25. The van der Waals surface area contributed by atoms with Crippen LogP contribution in [0.1, 0.15) is 154 Å². The highest BCUT2D eigenvalue weighted by molar-refractivity contribution is 6.32. The molecule has 4 aromatic carbocycles. The molecule has 9 nitrogen and oxygen atoms in total. The number of ketones is 2. The Morgan fingerprint density at radius 1 is 0.627 bits per heavy atom. The van der Waals surface area contributed by atoms with Gasteiger partial charge in [-0.1, -0.05) is 144 Å². The summed E-state index contributed by atoms with van der Waals surface area (Å²) >= 11 is 25.1. The zero-order chi connectivity index (χ0) is 54.3. The zero-order valence-corrected chi connectivity index (χ0v) is 47.1. The van der Waals surface area contributed by atoms with Crippen LogP contribution >= 0.6 is 46.4 Å². The number of hydrogen-bond donors (Lipinski definition) is 5. The first-order valence-corrected chi connectivity index (χ1v) is 28.1. The fourth-order valence-corrected chi connectivity index (χ4v) is 14.8. The predicted octanol–water partition coefficient (Wildman–Crippen LogP) is 13.7. The monoisotopic (exact) mass is 1100 g/mol. The minimum absolute atomic E-state index is 0.0147. The Hall–Kier alpha value is -3.94. The van der Waals surface area contributed by atoms with E-state index in [1.54, 1.807) is 55.5 Å². The quantitative estimate of drug-likeness (QED) is 0.107. The van der Waals surface area contributed by atoms with E-state index in [1.807, 2.05) is 12.1 Å². The van der Waals surface area contributed by atoms with Crippen LogP contribution < -0.4 is 21.3 Å². The number of benzene rings is 4. The lowest BCUT2D eigenvalue weighted by Gasteiger charge is -2.41. The van der Waals surface area contributed by atoms with Crippen molar-refractivity contribution in [2.45, 2.75) is 172 Å². The number of aliphatic hydroxyl groups is 1. The molecule has 0 unspecified atom stereocenters. The van der Waals surface area contributed by atoms with Gasteiger partial charge in [0.05, 0.1) is 27.7 Å². The summed E-state index contributed by atoms with van der Waals surface area (Å²) in [5.41, 5.74) is -0.357. The van der Waals surface area contributed by atoms with Crippen molar-refractivity contribution in [3.63, 3.8) is 0 Å². The van der Waals surface area contributed by atoms with Crippen LogP contribution in [0.2, 0.25) is 20.1 Å². The molecule has 402 valence electrons. The number of fused-ring (bicyclic) bond motifs is 4. The van der Waals surface area contributed by atoms with E-state index in [0.717, 1.165) is 31.2 Å². The average Bonchev–Trinajstić information content (AvgIpc) is 3.99. The summed E-state index contributed by atoms with van der Waals surface area (Å²) in [6, 6.07) is 17.9. The molecule has 4 aliphatic heterocycles. The van der Waals surface area contributed by atoms with Crippen molar-refractivity contribution in [1.82, 2.24) is 10.6 Å². The standard InChI is InChI=1S/C31H37Cl2FN2O2.C29H33Cl2FN2O3/c1-17-8-10-18(11-9-17)14-24(37)28-26(20-6-5-7-22(33)27(20)34)31(25(36-28)16-30(2,3)4)21-13-12-19(32)15-23(21)35-29(31)38;1-27(2,3)14-22-29(18-9-8-16(30)11-20(18)33-26(29)36)23(17-6-5-7-19(31)24(17)32)25(34-22)21(35)10-15-12-28(4,37)13-15/h5-7,12-13,15,17-18,25-26,28,36H,8-11,14,16H2,1-4H3,(H,35,38);5-9,11,15,22-23,25,34,37H,10,12-14H2,1-4H3,(H,33,36)/t17?,18?,25-,26+,28+,31+;15?,22-,23+,25+,28?,29+/m11/s1. The molecular formula is C60H70Cl4F2N4O5. The Kier molecular flexibility index (Phi) is 15.4. The highest BCUT2D eigenvalue weighted by Crippen LogP contribution is 2.60. The lowest BCUT2D eigenvalue weighted by molar-refractivity contribution is -0.127. The highest BCUT2D eigenvalue weighted by Gasteiger charge is 2.68. The number of halogens is 6. The van der Waals surface area contributed by atoms with Crippen molar-refractivity contribution in [1.29, 1.82) is 0 Å². The molecule has 8 atom stereocenters. The number of hydrogen-bond acceptors (Lipinski definition) is 7. The number of anilines is 2. The fourth-order valence-electron chi connectivity index (χ4n) is 14.1. The molecule has 4 fully saturated rings. The molecule has 0 radical (unpaired) electrons. The van der Waals surface area contributed by atoms with Crippen LogP contribution in [0.4, 0.5) is 20.2 Å². The first-order valence-electron chi connectivity index (χ1n) is 26.6. The van der Waals surface area contributed by atoms with E-state index >= 15 is 8.78 Å². The lowest BCUT2D eigenvalue weighted by Crippen LogP contribution is -2.49. The summed E-state index contributed by atoms with van der Waals surface area (Å²) in [6.45, 7) is 16.6. The Morgan fingerprint density at radius 3 is 1.41 bits per heavy atom. The van der Waals surface area contributed by atoms with Crippen molar-refractivity contribution in [2.24, 2.45) is 28.6 Å². The molecular weight excluding hydrogens is 1040 g/mol. The summed E-state index contributed by atoms with van der Waals surface area (Å²) in [7, 11) is 0. The van der Waals surface area contributed by atoms with Gasteiger partial charge in [0, 0.05) is 58.2 Å². The Balaban J connectivity index is 0.000000184. The smallest absolute Gasteiger partial charge is 0.237 e. The molecule has 75 heavy (non-hydrogen) atoms. The summed E-state index contributed by atoms with van der Waals surface area (Å²) < 4.78 is 31.6. The van der Waals surface area contributed by atoms with Gasteiger partial charge in [-0.25, -0.2) is 8.78 Å². The molecule has 2 saturated carbocycles. The molecule has 2 spiro atoms. The maximum Gasteiger partial charge on any atom is 0.237 e. The van der Waals surface area contributed by atoms with Gasteiger partial charge < -0.3 is 26.4 Å². The Morgan fingerprint density at radius 2 is 1.03 bits per heavy atom. The average molecular weight is 1110 g/mol. The zero-order valence-electron chi connectivity index (χ0n) is 44.0. The maximum atomic E-state index is 15.8. The van der Waals surface area contributed by atoms with E-state index in [1.165, 1.54) is 12.1 Å². The van der Waals surface area contributed by atoms with E-state index < -0.39 is 64.1 Å². The summed E-state index contributed by atoms with van der Waals surface area (Å²) in [5, 5.41) is 24.3. The van der Waals surface area contributed by atoms with E-state index in [9.17, 15) is 24.3 Å². The fraction of sp³-hybridized carbons (Fsp3) is 0.533. The normalized spacial score (nSPS) is 31.9. The summed E-state index contributed by atoms with van der Waals surface area (Å²) in [6.07, 6.45) is 7.24. The second kappa shape index (κ2) is 20.7. The first kappa shape index (κ1) is 55.8. The molecule has 2 saturated heterocycles. The Bertz CT molecular complexity index is 2910. The maximum absolute atomic E-state index is 15.8. The van der Waals surface area contributed by atoms with Gasteiger partial charge in [0.2, 0.25) is 11.8 Å². The Labute approximate surface area is 460 Å². The van der Waals surface area contributed by atoms with E-state index in [0.29, 0.717) is 76.5 Å². The number of amides is 2. The third-order valence-electron chi connectivity index (χ3n) is 17.1. The van der Waals surface area contributed by atoms with Crippen LogP contribution in [0.15, 0.2) is 72.8 Å². The van der Waals surface area contributed by atoms with Gasteiger partial charge in [0.1, 0.15) is 22.5 Å². The largest absolute Gasteiger partial charge is 0.390 e. The van der Waals surface area contributed by atoms with Gasteiger partial charge in [-0.05, 0) is 133 Å². The van der Waals surface area contributed by atoms with Crippen molar-refractivity contribution in [2.75, 3.05) is 10.6 Å². The van der Waals surface area contributed by atoms with Gasteiger partial charge in [-0.15, -0.1) is 0 Å². The molecule has 15 heteroatoms. The lowest BCUT2D eigenvalue weighted by atomic mass is 9.61. The second-order valence-electron chi connectivity index (χ2n) is 25.4. The van der Waals surface area contributed by atoms with Gasteiger partial charge >= 0.3 is 0 Å². The van der Waals surface area contributed by atoms with Crippen LogP contribution in [0.25, 0.3) is 0 Å². The third kappa shape index (κ3) is 10.5. The molecule has 0 aromatic heterocycles. The van der Waals surface area contributed by atoms with Crippen LogP contribution in [-0.2, 0) is 30.0 Å². The van der Waals surface area contributed by atoms with Crippen molar-refractivity contribution < 1.29 is 33.1 Å². The number of carbonyl (C=O) groups is 4. The molecule has 0 bridgehead atoms. The van der Waals surface area contributed by atoms with Gasteiger partial charge in [0.25, 0.3) is 0 Å². The van der Waals surface area contributed by atoms with Crippen molar-refractivity contribution in [3.8, 4) is 0 Å². The summed E-state index contributed by atoms with van der Waals surface area (Å²) in [4.78, 5) is 56.3. The molecule has 2 amide bonds. The van der Waals surface area contributed by atoms with Crippen LogP contribution in [-0.4, -0.2) is 58.3 Å². The minimum Gasteiger partial charge on any atom is -0.390 e. The molecule has 2 aliphatic carbocycles. The second-order valence-corrected chi connectivity index (χ2v) is 27.1. The molecule has 10 rings (SSSR count). The highest BCUT2D eigenvalue weighted by atomic mass is 35.5. The van der Waals surface area contributed by atoms with Gasteiger partial charge in [-0.2, -0.15) is 0 Å². The van der Waals surface area contributed by atoms with E-state index in [-0.39, 0.29) is 62.2 Å². The van der Waals surface area contributed by atoms with Gasteiger partial charge in [-0.3, -0.25) is 19.2 Å². The van der Waals surface area contributed by atoms with E-state index in [2.05, 4.69) is 69.7 Å². The number of nitrogens with one attached hydrogen (secondary N) is 4. The van der Waals surface area contributed by atoms with Crippen molar-refractivity contribution >= 4 is 81.2 Å². The van der Waals surface area contributed by atoms with Crippen LogP contribution in [0.3, 0.4) is 0 Å². The molecule has 4 aromatic rings. The van der Waals surface area contributed by atoms with E-state index in [4.69, 9.17) is 46.4 Å². The summed E-state index contributed by atoms with van der Waals surface area (Å²) in [5.74, 6) is -2.29. The van der Waals surface area contributed by atoms with Crippen LogP contribution in [0.5, 0.6) is 0 Å². The predicted molar refractivity (Wildman–Crippen MR) is 295 cm³/mol. The number of Topliss-reactive ketones (excluding diaryl/α,β-unsaturated/α-hetero) is 2. The SMILES string of the molecule is CC(C)(C)C[C@H]1N[C@@H](C(=O)CC2CC(C)(O)C2)[C@H](c2cccc(Cl)c2F)[C@@]12C(=O)Nc1cc(Cl)ccc12.CC1CCC(CC(=O)[C@@H]2N[C@H](CC(C)(C)C)[C@]3(C(=O)Nc4cc(Cl)ccc43)[C@H]2c2cccc(Cl)c2F)CC1. The first-order chi connectivity index (χ1) is 35.1. The van der Waals surface area contributed by atoms with Crippen molar-refractivity contribution in [3.05, 3.63) is 127 Å². The van der Waals surface area contributed by atoms with Gasteiger partial charge in [0.15, 0.2) is 11.6 Å². The third-order valence-corrected chi connectivity index (χ3v) is 18.2. The topological polar surface area (TPSA) is 137 Å². The number of rotatable bonds is 10. The molecule has 5 N–H and O–H groups in total. The number of carbonyl (C=O) groups excluding carboxylic acids is 4.